The summed E-state index contributed by atoms with van der Waals surface area (Å²) in [5, 5.41) is 12.4. The molecule has 2 saturated heterocycles. The number of likely N-dealkylation sites (tertiary alicyclic amines) is 1. The van der Waals surface area contributed by atoms with Crippen molar-refractivity contribution in [2.75, 3.05) is 53.4 Å². The second-order valence-electron chi connectivity index (χ2n) is 11.8. The lowest BCUT2D eigenvalue weighted by Gasteiger charge is -2.41. The van der Waals surface area contributed by atoms with E-state index in [-0.39, 0.29) is 5.92 Å². The topological polar surface area (TPSA) is 30.0 Å². The minimum Gasteiger partial charge on any atom is -0.380 e. The monoisotopic (exact) mass is 581 g/mol. The first-order valence-electron chi connectivity index (χ1n) is 15.2. The smallest absolute Gasteiger partial charge is 0.117 e. The van der Waals surface area contributed by atoms with Gasteiger partial charge >= 0.3 is 0 Å². The number of nitrogens with zero attached hydrogens (tertiary/aromatic N) is 3. The quantitative estimate of drug-likeness (QED) is 0.267. The van der Waals surface area contributed by atoms with E-state index in [0.29, 0.717) is 6.04 Å². The molecule has 0 radical (unpaired) electrons. The van der Waals surface area contributed by atoms with E-state index in [1.54, 1.807) is 0 Å². The van der Waals surface area contributed by atoms with E-state index in [0.717, 1.165) is 68.3 Å². The van der Waals surface area contributed by atoms with Crippen molar-refractivity contribution in [2.45, 2.75) is 24.5 Å². The van der Waals surface area contributed by atoms with Gasteiger partial charge in [0.1, 0.15) is 5.60 Å². The van der Waals surface area contributed by atoms with Crippen LogP contribution in [0.1, 0.15) is 41.1 Å². The molecule has 1 atom stereocenters. The first-order chi connectivity index (χ1) is 20.4. The lowest BCUT2D eigenvalue weighted by atomic mass is 9.72. The third-order valence-corrected chi connectivity index (χ3v) is 9.19. The zero-order valence-electron chi connectivity index (χ0n) is 24.9. The lowest BCUT2D eigenvalue weighted by Crippen LogP contribution is -2.46. The highest BCUT2D eigenvalue weighted by molar-refractivity contribution is 6.30. The van der Waals surface area contributed by atoms with Crippen LogP contribution >= 0.6 is 11.6 Å². The number of benzene rings is 4. The minimum absolute atomic E-state index is 0.262. The molecule has 1 unspecified atom stereocenters. The molecule has 0 amide bonds. The fourth-order valence-electron chi connectivity index (χ4n) is 6.42. The predicted molar refractivity (Wildman–Crippen MR) is 175 cm³/mol. The summed E-state index contributed by atoms with van der Waals surface area (Å²) in [5.41, 5.74) is 3.79. The molecule has 220 valence electrons. The molecule has 4 aromatic rings. The average Bonchev–Trinajstić information content (AvgIpc) is 3.05. The summed E-state index contributed by atoms with van der Waals surface area (Å²) in [6.45, 7) is 6.53. The van der Waals surface area contributed by atoms with Crippen LogP contribution in [-0.2, 0) is 5.60 Å². The molecule has 2 aliphatic heterocycles. The SMILES string of the molecule is CN1CCC(C(O)(c2ccccc2)c2ccccc2)CC1.CN1CCN(C(c2ccccc2)c2ccc(Cl)cc2)CC1. The van der Waals surface area contributed by atoms with Gasteiger partial charge in [0.15, 0.2) is 0 Å². The van der Waals surface area contributed by atoms with Crippen molar-refractivity contribution < 1.29 is 5.11 Å². The van der Waals surface area contributed by atoms with Gasteiger partial charge in [0, 0.05) is 31.2 Å². The first-order valence-corrected chi connectivity index (χ1v) is 15.6. The largest absolute Gasteiger partial charge is 0.380 e. The highest BCUT2D eigenvalue weighted by Gasteiger charge is 2.41. The number of piperazine rings is 1. The molecule has 0 aromatic heterocycles. The van der Waals surface area contributed by atoms with Crippen molar-refractivity contribution in [1.29, 1.82) is 0 Å². The Labute approximate surface area is 257 Å². The van der Waals surface area contributed by atoms with Gasteiger partial charge < -0.3 is 14.9 Å². The van der Waals surface area contributed by atoms with Gasteiger partial charge in [-0.05, 0) is 80.3 Å². The Balaban J connectivity index is 0.000000168. The van der Waals surface area contributed by atoms with Crippen LogP contribution in [0.25, 0.3) is 0 Å². The molecule has 4 nitrogen and oxygen atoms in total. The van der Waals surface area contributed by atoms with Gasteiger partial charge in [0.05, 0.1) is 6.04 Å². The number of halogens is 1. The first kappa shape index (κ1) is 30.5. The van der Waals surface area contributed by atoms with E-state index in [2.05, 4.69) is 71.3 Å². The molecule has 0 aliphatic carbocycles. The van der Waals surface area contributed by atoms with E-state index in [4.69, 9.17) is 11.6 Å². The Morgan fingerprint density at radius 2 is 1.02 bits per heavy atom. The van der Waals surface area contributed by atoms with Gasteiger partial charge in [-0.3, -0.25) is 4.90 Å². The molecule has 0 bridgehead atoms. The Hall–Kier alpha value is -2.99. The van der Waals surface area contributed by atoms with Crippen molar-refractivity contribution in [3.8, 4) is 0 Å². The molecule has 2 heterocycles. The van der Waals surface area contributed by atoms with Gasteiger partial charge in [-0.1, -0.05) is 115 Å². The van der Waals surface area contributed by atoms with Crippen LogP contribution in [0.5, 0.6) is 0 Å². The second-order valence-corrected chi connectivity index (χ2v) is 12.2. The maximum Gasteiger partial charge on any atom is 0.117 e. The second kappa shape index (κ2) is 14.5. The number of hydrogen-bond acceptors (Lipinski definition) is 4. The Bertz CT molecular complexity index is 1290. The predicted octanol–water partition coefficient (Wildman–Crippen LogP) is 6.94. The van der Waals surface area contributed by atoms with Crippen molar-refractivity contribution in [3.05, 3.63) is 143 Å². The van der Waals surface area contributed by atoms with Crippen molar-refractivity contribution >= 4 is 11.6 Å². The molecule has 2 aliphatic rings. The lowest BCUT2D eigenvalue weighted by molar-refractivity contribution is -0.0109. The molecule has 4 aromatic carbocycles. The number of hydrogen-bond donors (Lipinski definition) is 1. The maximum atomic E-state index is 11.6. The molecule has 6 rings (SSSR count). The summed E-state index contributed by atoms with van der Waals surface area (Å²) < 4.78 is 0. The molecule has 1 N–H and O–H groups in total. The third kappa shape index (κ3) is 7.31. The summed E-state index contributed by atoms with van der Waals surface area (Å²) in [6, 6.07) is 39.6. The summed E-state index contributed by atoms with van der Waals surface area (Å²) in [4.78, 5) is 7.30. The Kier molecular flexibility index (Phi) is 10.5. The van der Waals surface area contributed by atoms with Crippen LogP contribution in [0.4, 0.5) is 0 Å². The highest BCUT2D eigenvalue weighted by atomic mass is 35.5. The van der Waals surface area contributed by atoms with Crippen molar-refractivity contribution in [3.63, 3.8) is 0 Å². The van der Waals surface area contributed by atoms with Crippen LogP contribution in [-0.4, -0.2) is 73.2 Å². The fraction of sp³-hybridized carbons (Fsp3) is 0.351. The zero-order chi connectivity index (χ0) is 29.4. The number of likely N-dealkylation sites (N-methyl/N-ethyl adjacent to an activating group) is 1. The molecule has 42 heavy (non-hydrogen) atoms. The highest BCUT2D eigenvalue weighted by Crippen LogP contribution is 2.41. The van der Waals surface area contributed by atoms with Gasteiger partial charge in [-0.2, -0.15) is 0 Å². The van der Waals surface area contributed by atoms with Gasteiger partial charge in [0.2, 0.25) is 0 Å². The molecular formula is C37H44ClN3O. The number of piperidine rings is 1. The molecule has 2 fully saturated rings. The summed E-state index contributed by atoms with van der Waals surface area (Å²) >= 11 is 6.05. The number of rotatable bonds is 6. The summed E-state index contributed by atoms with van der Waals surface area (Å²) in [7, 11) is 4.34. The van der Waals surface area contributed by atoms with Gasteiger partial charge in [0.25, 0.3) is 0 Å². The fourth-order valence-corrected chi connectivity index (χ4v) is 6.55. The normalized spacial score (nSPS) is 18.2. The van der Waals surface area contributed by atoms with E-state index in [1.807, 2.05) is 72.8 Å². The average molecular weight is 582 g/mol. The van der Waals surface area contributed by atoms with Crippen molar-refractivity contribution in [2.24, 2.45) is 5.92 Å². The van der Waals surface area contributed by atoms with E-state index in [1.165, 1.54) is 11.1 Å². The zero-order valence-corrected chi connectivity index (χ0v) is 25.7. The minimum atomic E-state index is -0.885. The molecule has 0 saturated carbocycles. The van der Waals surface area contributed by atoms with Crippen LogP contribution in [0.15, 0.2) is 115 Å². The molecular weight excluding hydrogens is 538 g/mol. The van der Waals surface area contributed by atoms with Gasteiger partial charge in [-0.15, -0.1) is 0 Å². The van der Waals surface area contributed by atoms with E-state index in [9.17, 15) is 5.11 Å². The Morgan fingerprint density at radius 3 is 1.52 bits per heavy atom. The Morgan fingerprint density at radius 1 is 0.595 bits per heavy atom. The van der Waals surface area contributed by atoms with Crippen LogP contribution in [0.3, 0.4) is 0 Å². The summed E-state index contributed by atoms with van der Waals surface area (Å²) in [5.74, 6) is 0.262. The van der Waals surface area contributed by atoms with Crippen LogP contribution < -0.4 is 0 Å². The molecule has 0 spiro atoms. The molecule has 5 heteroatoms. The van der Waals surface area contributed by atoms with E-state index < -0.39 is 5.60 Å². The third-order valence-electron chi connectivity index (χ3n) is 8.94. The van der Waals surface area contributed by atoms with Crippen LogP contribution in [0, 0.1) is 5.92 Å². The standard InChI is InChI=1S/C19H23NO.C18H21ClN2/c1-20-14-12-18(13-15-20)19(21,16-8-4-2-5-9-16)17-10-6-3-7-11-17;1-20-11-13-21(14-12-20)18(15-5-3-2-4-6-15)16-7-9-17(19)10-8-16/h2-11,18,21H,12-15H2,1H3;2-10,18H,11-14H2,1H3. The van der Waals surface area contributed by atoms with E-state index >= 15 is 0 Å². The van der Waals surface area contributed by atoms with Crippen molar-refractivity contribution in [1.82, 2.24) is 14.7 Å². The number of aliphatic hydroxyl groups is 1. The summed E-state index contributed by atoms with van der Waals surface area (Å²) in [6.07, 6.45) is 2.05. The van der Waals surface area contributed by atoms with Crippen LogP contribution in [0.2, 0.25) is 5.02 Å². The van der Waals surface area contributed by atoms with Gasteiger partial charge in [-0.25, -0.2) is 0 Å². The maximum absolute atomic E-state index is 11.6.